The Morgan fingerprint density at radius 1 is 1.53 bits per heavy atom. The highest BCUT2D eigenvalue weighted by Crippen LogP contribution is 2.13. The summed E-state index contributed by atoms with van der Waals surface area (Å²) in [5.74, 6) is -0.400. The molecule has 0 bridgehead atoms. The normalized spacial score (nSPS) is 22.2. The van der Waals surface area contributed by atoms with Gasteiger partial charge in [-0.3, -0.25) is 9.69 Å². The number of likely N-dealkylation sites (tertiary alicyclic amines) is 1. The molecule has 0 spiro atoms. The minimum atomic E-state index is -1.49. The van der Waals surface area contributed by atoms with Gasteiger partial charge in [-0.15, -0.1) is 0 Å². The second-order valence-electron chi connectivity index (χ2n) is 4.08. The Hall–Kier alpha value is -0.940. The average Bonchev–Trinajstić information content (AvgIpc) is 2.20. The summed E-state index contributed by atoms with van der Waals surface area (Å²) in [5.41, 5.74) is -1.49. The van der Waals surface area contributed by atoms with Crippen LogP contribution in [0.2, 0.25) is 0 Å². The number of aliphatic hydroxyl groups is 1. The number of nitrogens with zero attached hydrogens (tertiary/aromatic N) is 1. The van der Waals surface area contributed by atoms with Crippen molar-refractivity contribution < 1.29 is 19.4 Å². The van der Waals surface area contributed by atoms with Crippen LogP contribution >= 0.6 is 0 Å². The van der Waals surface area contributed by atoms with Gasteiger partial charge in [0.25, 0.3) is 0 Å². The molecule has 0 saturated carbocycles. The molecule has 1 fully saturated rings. The number of methoxy groups -OCH3 is 1. The van der Waals surface area contributed by atoms with E-state index in [0.29, 0.717) is 25.9 Å². The van der Waals surface area contributed by atoms with Crippen LogP contribution in [0.3, 0.4) is 0 Å². The van der Waals surface area contributed by atoms with Crippen LogP contribution in [-0.4, -0.2) is 54.1 Å². The van der Waals surface area contributed by atoms with Crippen molar-refractivity contribution in [2.24, 2.45) is 0 Å². The molecule has 1 aliphatic rings. The summed E-state index contributed by atoms with van der Waals surface area (Å²) in [6.07, 6.45) is 0.995. The predicted molar refractivity (Wildman–Crippen MR) is 53.3 cm³/mol. The quantitative estimate of drug-likeness (QED) is 0.647. The van der Waals surface area contributed by atoms with E-state index < -0.39 is 11.6 Å². The fraction of sp³-hybridized carbons (Fsp3) is 0.800. The Labute approximate surface area is 89.0 Å². The maximum absolute atomic E-state index is 11.2. The van der Waals surface area contributed by atoms with Crippen molar-refractivity contribution >= 4 is 11.8 Å². The van der Waals surface area contributed by atoms with Crippen LogP contribution in [-0.2, 0) is 14.3 Å². The van der Waals surface area contributed by atoms with Gasteiger partial charge < -0.3 is 9.84 Å². The van der Waals surface area contributed by atoms with Crippen LogP contribution in [0.4, 0.5) is 0 Å². The molecule has 15 heavy (non-hydrogen) atoms. The minimum Gasteiger partial charge on any atom is -0.467 e. The summed E-state index contributed by atoms with van der Waals surface area (Å²) >= 11 is 0. The number of esters is 1. The lowest BCUT2D eigenvalue weighted by Crippen LogP contribution is -2.49. The van der Waals surface area contributed by atoms with Gasteiger partial charge >= 0.3 is 5.97 Å². The van der Waals surface area contributed by atoms with Crippen molar-refractivity contribution in [2.45, 2.75) is 25.4 Å². The number of hydrogen-bond donors (Lipinski definition) is 1. The second kappa shape index (κ2) is 4.72. The first-order chi connectivity index (χ1) is 6.95. The van der Waals surface area contributed by atoms with Crippen molar-refractivity contribution in [3.63, 3.8) is 0 Å². The molecule has 0 aliphatic carbocycles. The Balaban J connectivity index is 2.47. The summed E-state index contributed by atoms with van der Waals surface area (Å²) in [6.45, 7) is 2.85. The molecule has 86 valence electrons. The van der Waals surface area contributed by atoms with Crippen LogP contribution in [0.15, 0.2) is 0 Å². The zero-order valence-electron chi connectivity index (χ0n) is 9.15. The Morgan fingerprint density at radius 2 is 2.07 bits per heavy atom. The molecule has 1 atom stereocenters. The summed E-state index contributed by atoms with van der Waals surface area (Å²) in [6, 6.07) is 0. The van der Waals surface area contributed by atoms with E-state index in [-0.39, 0.29) is 12.3 Å². The molecule has 0 aromatic heterocycles. The van der Waals surface area contributed by atoms with Crippen molar-refractivity contribution in [1.82, 2.24) is 4.90 Å². The second-order valence-corrected chi connectivity index (χ2v) is 4.08. The number of rotatable bonds is 3. The number of piperidine rings is 1. The smallest absolute Gasteiger partial charge is 0.338 e. The third-order valence-electron chi connectivity index (χ3n) is 2.57. The van der Waals surface area contributed by atoms with Crippen molar-refractivity contribution in [3.05, 3.63) is 0 Å². The maximum atomic E-state index is 11.2. The first-order valence-electron chi connectivity index (χ1n) is 5.00. The average molecular weight is 215 g/mol. The van der Waals surface area contributed by atoms with Crippen LogP contribution in [0.25, 0.3) is 0 Å². The largest absolute Gasteiger partial charge is 0.467 e. The molecule has 0 radical (unpaired) electrons. The van der Waals surface area contributed by atoms with E-state index in [2.05, 4.69) is 4.74 Å². The molecule has 1 saturated heterocycles. The number of ether oxygens (including phenoxy) is 1. The lowest BCUT2D eigenvalue weighted by atomic mass is 10.0. The van der Waals surface area contributed by atoms with Gasteiger partial charge in [-0.05, 0) is 6.92 Å². The van der Waals surface area contributed by atoms with E-state index in [9.17, 15) is 14.7 Å². The number of Topliss-reactive ketones (excluding diaryl/α,β-unsaturated/α-hetero) is 1. The maximum Gasteiger partial charge on any atom is 0.338 e. The number of carbonyl (C=O) groups excluding carboxylic acids is 2. The number of ketones is 1. The summed E-state index contributed by atoms with van der Waals surface area (Å²) < 4.78 is 4.50. The van der Waals surface area contributed by atoms with E-state index in [1.54, 1.807) is 0 Å². The molecular weight excluding hydrogens is 198 g/mol. The van der Waals surface area contributed by atoms with Gasteiger partial charge in [-0.25, -0.2) is 4.79 Å². The van der Waals surface area contributed by atoms with E-state index in [4.69, 9.17) is 0 Å². The molecule has 0 aromatic carbocycles. The molecule has 0 aromatic rings. The molecule has 1 rings (SSSR count). The molecule has 5 heteroatoms. The van der Waals surface area contributed by atoms with Crippen LogP contribution in [0.5, 0.6) is 0 Å². The topological polar surface area (TPSA) is 66.8 Å². The lowest BCUT2D eigenvalue weighted by molar-refractivity contribution is -0.162. The van der Waals surface area contributed by atoms with Crippen molar-refractivity contribution in [2.75, 3.05) is 26.7 Å². The van der Waals surface area contributed by atoms with Crippen molar-refractivity contribution in [3.8, 4) is 0 Å². The summed E-state index contributed by atoms with van der Waals surface area (Å²) in [5, 5.41) is 9.80. The third-order valence-corrected chi connectivity index (χ3v) is 2.57. The van der Waals surface area contributed by atoms with Crippen molar-refractivity contribution in [1.29, 1.82) is 0 Å². The standard InChI is InChI=1S/C10H17NO4/c1-10(14,9(13)15-2)7-11-5-3-8(12)4-6-11/h14H,3-7H2,1-2H3. The molecule has 5 nitrogen and oxygen atoms in total. The number of carbonyl (C=O) groups is 2. The fourth-order valence-electron chi connectivity index (χ4n) is 1.68. The monoisotopic (exact) mass is 215 g/mol. The fourth-order valence-corrected chi connectivity index (χ4v) is 1.68. The number of β-amino-alcohol motifs (C(OH)–C–C–N with tert-alkyl or cyclic N) is 1. The van der Waals surface area contributed by atoms with Gasteiger partial charge in [0.1, 0.15) is 5.78 Å². The third kappa shape index (κ3) is 3.28. The highest BCUT2D eigenvalue weighted by atomic mass is 16.5. The predicted octanol–water partition coefficient (Wildman–Crippen LogP) is -0.425. The highest BCUT2D eigenvalue weighted by Gasteiger charge is 2.34. The summed E-state index contributed by atoms with van der Waals surface area (Å²) in [4.78, 5) is 24.1. The lowest BCUT2D eigenvalue weighted by Gasteiger charge is -2.31. The number of hydrogen-bond acceptors (Lipinski definition) is 5. The Kier molecular flexibility index (Phi) is 3.82. The van der Waals surface area contributed by atoms with Gasteiger partial charge in [-0.2, -0.15) is 0 Å². The molecular formula is C10H17NO4. The van der Waals surface area contributed by atoms with Gasteiger partial charge in [0.2, 0.25) is 0 Å². The van der Waals surface area contributed by atoms with E-state index in [1.807, 2.05) is 4.90 Å². The first-order valence-corrected chi connectivity index (χ1v) is 5.00. The SMILES string of the molecule is COC(=O)C(C)(O)CN1CCC(=O)CC1. The molecule has 1 heterocycles. The molecule has 1 unspecified atom stereocenters. The van der Waals surface area contributed by atoms with Gasteiger partial charge in [0.15, 0.2) is 5.60 Å². The summed E-state index contributed by atoms with van der Waals surface area (Å²) in [7, 11) is 1.25. The van der Waals surface area contributed by atoms with Gasteiger partial charge in [0, 0.05) is 32.5 Å². The Morgan fingerprint density at radius 3 is 2.53 bits per heavy atom. The van der Waals surface area contributed by atoms with E-state index in [1.165, 1.54) is 14.0 Å². The molecule has 1 aliphatic heterocycles. The van der Waals surface area contributed by atoms with Gasteiger partial charge in [-0.1, -0.05) is 0 Å². The van der Waals surface area contributed by atoms with Gasteiger partial charge in [0.05, 0.1) is 7.11 Å². The van der Waals surface area contributed by atoms with E-state index >= 15 is 0 Å². The minimum absolute atomic E-state index is 0.215. The zero-order valence-corrected chi connectivity index (χ0v) is 9.15. The first kappa shape index (κ1) is 12.1. The highest BCUT2D eigenvalue weighted by molar-refractivity contribution is 5.80. The van der Waals surface area contributed by atoms with Crippen LogP contribution in [0.1, 0.15) is 19.8 Å². The van der Waals surface area contributed by atoms with Crippen LogP contribution < -0.4 is 0 Å². The molecule has 1 N–H and O–H groups in total. The van der Waals surface area contributed by atoms with Crippen LogP contribution in [0, 0.1) is 0 Å². The molecule has 0 amide bonds. The van der Waals surface area contributed by atoms with E-state index in [0.717, 1.165) is 0 Å². The zero-order chi connectivity index (χ0) is 11.5. The Bertz CT molecular complexity index is 252.